The molecule has 1 aliphatic rings. The molecule has 0 aromatic heterocycles. The smallest absolute Gasteiger partial charge is 0.193 e. The summed E-state index contributed by atoms with van der Waals surface area (Å²) in [6.45, 7) is 5.51. The van der Waals surface area contributed by atoms with Gasteiger partial charge >= 0.3 is 0 Å². The Balaban J connectivity index is 0.00000392. The van der Waals surface area contributed by atoms with Crippen molar-refractivity contribution in [3.8, 4) is 0 Å². The van der Waals surface area contributed by atoms with E-state index in [-0.39, 0.29) is 24.0 Å². The molecule has 1 fully saturated rings. The van der Waals surface area contributed by atoms with Crippen LogP contribution in [0.15, 0.2) is 35.3 Å². The second-order valence-corrected chi connectivity index (χ2v) is 6.99. The number of methoxy groups -OCH3 is 1. The summed E-state index contributed by atoms with van der Waals surface area (Å²) in [5, 5.41) is 3.51. The molecule has 0 unspecified atom stereocenters. The fourth-order valence-corrected chi connectivity index (χ4v) is 3.35. The molecule has 0 bridgehead atoms. The number of hydrogen-bond donors (Lipinski definition) is 1. The van der Waals surface area contributed by atoms with Crippen molar-refractivity contribution in [3.63, 3.8) is 0 Å². The van der Waals surface area contributed by atoms with E-state index in [4.69, 9.17) is 9.47 Å². The molecule has 7 heteroatoms. The molecule has 0 amide bonds. The zero-order chi connectivity index (χ0) is 19.3. The number of benzene rings is 1. The highest BCUT2D eigenvalue weighted by Crippen LogP contribution is 2.14. The second-order valence-electron chi connectivity index (χ2n) is 6.99. The van der Waals surface area contributed by atoms with Crippen LogP contribution >= 0.6 is 24.0 Å². The van der Waals surface area contributed by atoms with Gasteiger partial charge in [-0.15, -0.1) is 24.0 Å². The van der Waals surface area contributed by atoms with E-state index in [0.717, 1.165) is 71.0 Å². The molecule has 0 atom stereocenters. The molecule has 1 saturated heterocycles. The van der Waals surface area contributed by atoms with E-state index in [0.29, 0.717) is 6.10 Å². The fourth-order valence-electron chi connectivity index (χ4n) is 3.35. The van der Waals surface area contributed by atoms with Crippen LogP contribution in [0.1, 0.15) is 25.7 Å². The Labute approximate surface area is 187 Å². The van der Waals surface area contributed by atoms with Gasteiger partial charge in [-0.2, -0.15) is 0 Å². The van der Waals surface area contributed by atoms with Crippen molar-refractivity contribution >= 4 is 35.6 Å². The van der Waals surface area contributed by atoms with Crippen LogP contribution in [0.3, 0.4) is 0 Å². The average molecular weight is 504 g/mol. The molecule has 0 radical (unpaired) electrons. The van der Waals surface area contributed by atoms with Crippen molar-refractivity contribution < 1.29 is 9.47 Å². The number of guanidine groups is 1. The summed E-state index contributed by atoms with van der Waals surface area (Å²) in [6.07, 6.45) is 4.53. The molecule has 6 nitrogen and oxygen atoms in total. The Bertz CT molecular complexity index is 536. The highest BCUT2D eigenvalue weighted by molar-refractivity contribution is 14.0. The number of piperidine rings is 1. The minimum absolute atomic E-state index is 0. The van der Waals surface area contributed by atoms with E-state index >= 15 is 0 Å². The second kappa shape index (κ2) is 14.9. The quantitative estimate of drug-likeness (QED) is 0.230. The Morgan fingerprint density at radius 1 is 1.18 bits per heavy atom. The number of ether oxygens (including phenoxy) is 2. The summed E-state index contributed by atoms with van der Waals surface area (Å²) in [5.41, 5.74) is 1.26. The van der Waals surface area contributed by atoms with Crippen LogP contribution in [0.5, 0.6) is 0 Å². The molecule has 160 valence electrons. The first-order valence-electron chi connectivity index (χ1n) is 10.1. The van der Waals surface area contributed by atoms with Gasteiger partial charge in [0.2, 0.25) is 0 Å². The summed E-state index contributed by atoms with van der Waals surface area (Å²) in [5.74, 6) is 1.01. The van der Waals surface area contributed by atoms with Gasteiger partial charge in [0.25, 0.3) is 0 Å². The third-order valence-corrected chi connectivity index (χ3v) is 4.95. The number of anilines is 1. The van der Waals surface area contributed by atoms with Crippen LogP contribution in [0.25, 0.3) is 0 Å². The van der Waals surface area contributed by atoms with Gasteiger partial charge in [0.15, 0.2) is 5.96 Å². The number of nitrogens with one attached hydrogen (secondary N) is 1. The first kappa shape index (κ1) is 25.0. The van der Waals surface area contributed by atoms with Gasteiger partial charge in [-0.1, -0.05) is 18.2 Å². The van der Waals surface area contributed by atoms with Crippen LogP contribution in [-0.2, 0) is 9.47 Å². The van der Waals surface area contributed by atoms with Crippen molar-refractivity contribution in [2.75, 3.05) is 65.5 Å². The lowest BCUT2D eigenvalue weighted by molar-refractivity contribution is 0.00991. The number of para-hydroxylation sites is 1. The zero-order valence-corrected chi connectivity index (χ0v) is 19.9. The van der Waals surface area contributed by atoms with Gasteiger partial charge in [-0.25, -0.2) is 0 Å². The van der Waals surface area contributed by atoms with Crippen molar-refractivity contribution in [1.82, 2.24) is 10.2 Å². The van der Waals surface area contributed by atoms with Crippen LogP contribution in [0, 0.1) is 0 Å². The van der Waals surface area contributed by atoms with E-state index in [1.807, 2.05) is 7.05 Å². The standard InChI is InChI=1S/C21H36N4O2.HI/c1-22-21(23-13-7-14-24(2)19-9-5-4-6-10-19)25-15-11-20(12-16-25)27-18-8-17-26-3;/h4-6,9-10,20H,7-8,11-18H2,1-3H3,(H,22,23);1H. The summed E-state index contributed by atoms with van der Waals surface area (Å²) >= 11 is 0. The predicted molar refractivity (Wildman–Crippen MR) is 128 cm³/mol. The first-order valence-corrected chi connectivity index (χ1v) is 10.1. The number of hydrogen-bond acceptors (Lipinski definition) is 4. The maximum absolute atomic E-state index is 5.94. The molecule has 1 heterocycles. The Kier molecular flexibility index (Phi) is 13.3. The van der Waals surface area contributed by atoms with Gasteiger partial charge in [-0.05, 0) is 37.8 Å². The Morgan fingerprint density at radius 2 is 1.89 bits per heavy atom. The van der Waals surface area contributed by atoms with Crippen molar-refractivity contribution in [3.05, 3.63) is 30.3 Å². The summed E-state index contributed by atoms with van der Waals surface area (Å²) in [7, 11) is 5.74. The largest absolute Gasteiger partial charge is 0.385 e. The highest BCUT2D eigenvalue weighted by atomic mass is 127. The van der Waals surface area contributed by atoms with Gasteiger partial charge < -0.3 is 24.6 Å². The molecule has 0 spiro atoms. The molecule has 2 rings (SSSR count). The van der Waals surface area contributed by atoms with Gasteiger partial charge in [0.05, 0.1) is 6.10 Å². The lowest BCUT2D eigenvalue weighted by Crippen LogP contribution is -2.47. The van der Waals surface area contributed by atoms with Crippen LogP contribution in [0.2, 0.25) is 0 Å². The van der Waals surface area contributed by atoms with Gasteiger partial charge in [-0.3, -0.25) is 4.99 Å². The van der Waals surface area contributed by atoms with Crippen LogP contribution in [-0.4, -0.2) is 77.6 Å². The summed E-state index contributed by atoms with van der Waals surface area (Å²) < 4.78 is 11.0. The van der Waals surface area contributed by atoms with Crippen molar-refractivity contribution in [2.45, 2.75) is 31.8 Å². The molecule has 0 saturated carbocycles. The molecular formula is C21H37IN4O2. The van der Waals surface area contributed by atoms with E-state index in [1.54, 1.807) is 7.11 Å². The zero-order valence-electron chi connectivity index (χ0n) is 17.6. The van der Waals surface area contributed by atoms with Crippen molar-refractivity contribution in [1.29, 1.82) is 0 Å². The number of likely N-dealkylation sites (tertiary alicyclic amines) is 1. The van der Waals surface area contributed by atoms with Crippen LogP contribution in [0.4, 0.5) is 5.69 Å². The maximum Gasteiger partial charge on any atom is 0.193 e. The van der Waals surface area contributed by atoms with Crippen LogP contribution < -0.4 is 10.2 Å². The van der Waals surface area contributed by atoms with E-state index in [9.17, 15) is 0 Å². The molecule has 1 N–H and O–H groups in total. The third kappa shape index (κ3) is 8.96. The average Bonchev–Trinajstić information content (AvgIpc) is 2.72. The first-order chi connectivity index (χ1) is 13.2. The third-order valence-electron chi connectivity index (χ3n) is 4.95. The number of halogens is 1. The summed E-state index contributed by atoms with van der Waals surface area (Å²) in [4.78, 5) is 9.09. The molecule has 1 aromatic carbocycles. The Morgan fingerprint density at radius 3 is 2.54 bits per heavy atom. The number of rotatable bonds is 10. The molecule has 1 aromatic rings. The van der Waals surface area contributed by atoms with Gasteiger partial charge in [0, 0.05) is 66.3 Å². The van der Waals surface area contributed by atoms with Crippen molar-refractivity contribution in [2.24, 2.45) is 4.99 Å². The topological polar surface area (TPSA) is 49.3 Å². The Hall–Kier alpha value is -1.06. The lowest BCUT2D eigenvalue weighted by Gasteiger charge is -2.34. The minimum Gasteiger partial charge on any atom is -0.385 e. The lowest BCUT2D eigenvalue weighted by atomic mass is 10.1. The number of nitrogens with zero attached hydrogens (tertiary/aromatic N) is 3. The van der Waals surface area contributed by atoms with E-state index in [1.165, 1.54) is 5.69 Å². The van der Waals surface area contributed by atoms with Gasteiger partial charge in [0.1, 0.15) is 0 Å². The summed E-state index contributed by atoms with van der Waals surface area (Å²) in [6, 6.07) is 10.5. The molecule has 1 aliphatic heterocycles. The molecule has 28 heavy (non-hydrogen) atoms. The van der Waals surface area contributed by atoms with E-state index < -0.39 is 0 Å². The fraction of sp³-hybridized carbons (Fsp3) is 0.667. The molecule has 0 aliphatic carbocycles. The minimum atomic E-state index is 0. The van der Waals surface area contributed by atoms with E-state index in [2.05, 4.69) is 57.5 Å². The highest BCUT2D eigenvalue weighted by Gasteiger charge is 2.21. The molecular weight excluding hydrogens is 467 g/mol. The SMILES string of the molecule is CN=C(NCCCN(C)c1ccccc1)N1CCC(OCCCOC)CC1.I. The maximum atomic E-state index is 5.94. The monoisotopic (exact) mass is 504 g/mol. The number of aliphatic imine (C=N–C) groups is 1. The normalized spacial score (nSPS) is 15.2. The predicted octanol–water partition coefficient (Wildman–Crippen LogP) is 3.22.